The highest BCUT2D eigenvalue weighted by molar-refractivity contribution is 5.58. The van der Waals surface area contributed by atoms with Gasteiger partial charge in [0.15, 0.2) is 11.6 Å². The predicted octanol–water partition coefficient (Wildman–Crippen LogP) is 4.17. The van der Waals surface area contributed by atoms with Crippen LogP contribution in [0.25, 0.3) is 22.6 Å². The van der Waals surface area contributed by atoms with Gasteiger partial charge in [-0.3, -0.25) is 4.79 Å². The van der Waals surface area contributed by atoms with E-state index < -0.39 is 11.6 Å². The largest absolute Gasteiger partial charge is 0.486 e. The van der Waals surface area contributed by atoms with Crippen molar-refractivity contribution in [2.45, 2.75) is 25.5 Å². The molecule has 7 nitrogen and oxygen atoms in total. The molecule has 1 atom stereocenters. The molecule has 0 radical (unpaired) electrons. The van der Waals surface area contributed by atoms with Gasteiger partial charge in [-0.2, -0.15) is 5.10 Å². The molecule has 36 heavy (non-hydrogen) atoms. The number of piperidine rings is 1. The predicted molar refractivity (Wildman–Crippen MR) is 132 cm³/mol. The molecule has 0 bridgehead atoms. The van der Waals surface area contributed by atoms with Gasteiger partial charge in [-0.05, 0) is 56.3 Å². The highest BCUT2D eigenvalue weighted by Crippen LogP contribution is 2.22. The number of halogens is 2. The van der Waals surface area contributed by atoms with Crippen LogP contribution in [0.2, 0.25) is 0 Å². The summed E-state index contributed by atoms with van der Waals surface area (Å²) in [4.78, 5) is 23.6. The van der Waals surface area contributed by atoms with Gasteiger partial charge in [-0.25, -0.2) is 23.4 Å². The average Bonchev–Trinajstić information content (AvgIpc) is 2.85. The van der Waals surface area contributed by atoms with Gasteiger partial charge in [0, 0.05) is 29.8 Å². The molecule has 0 aliphatic carbocycles. The van der Waals surface area contributed by atoms with Crippen molar-refractivity contribution in [3.05, 3.63) is 94.5 Å². The topological polar surface area (TPSA) is 73.1 Å². The molecule has 1 aliphatic rings. The van der Waals surface area contributed by atoms with Crippen LogP contribution in [0.5, 0.6) is 5.75 Å². The number of hydrogen-bond donors (Lipinski definition) is 0. The van der Waals surface area contributed by atoms with Crippen molar-refractivity contribution in [2.24, 2.45) is 0 Å². The van der Waals surface area contributed by atoms with Gasteiger partial charge >= 0.3 is 0 Å². The van der Waals surface area contributed by atoms with Gasteiger partial charge < -0.3 is 9.64 Å². The lowest BCUT2D eigenvalue weighted by molar-refractivity contribution is 0.103. The Kier molecular flexibility index (Phi) is 6.81. The van der Waals surface area contributed by atoms with E-state index in [1.165, 1.54) is 28.9 Å². The molecule has 1 aliphatic heterocycles. The number of benzene rings is 2. The molecule has 2 aromatic carbocycles. The molecule has 5 rings (SSSR count). The second-order valence-electron chi connectivity index (χ2n) is 8.96. The summed E-state index contributed by atoms with van der Waals surface area (Å²) < 4.78 is 34.6. The fourth-order valence-electron chi connectivity index (χ4n) is 4.33. The molecule has 4 aromatic rings. The van der Waals surface area contributed by atoms with Crippen LogP contribution in [-0.4, -0.2) is 50.9 Å². The van der Waals surface area contributed by atoms with Crippen LogP contribution in [0.4, 0.5) is 8.78 Å². The molecule has 9 heteroatoms. The normalized spacial score (nSPS) is 16.1. The number of likely N-dealkylation sites (tertiary alicyclic amines) is 1. The second kappa shape index (κ2) is 10.3. The third kappa shape index (κ3) is 5.63. The van der Waals surface area contributed by atoms with Crippen molar-refractivity contribution < 1.29 is 13.5 Å². The van der Waals surface area contributed by atoms with Gasteiger partial charge in [0.05, 0.1) is 24.6 Å². The standard InChI is InChI=1S/C27H25F2N5O2/c1-33-9-3-6-23(17-33)36-24-14-30-27(31-15-24)19-5-2-4-18(10-19)16-34-26(35)8-7-25(32-34)20-11-21(28)13-22(29)12-20/h2,4-5,7-8,10-15,23H,3,6,9,16-17H2,1H3. The molecule has 1 saturated heterocycles. The third-order valence-corrected chi connectivity index (χ3v) is 6.05. The average molecular weight is 490 g/mol. The Hall–Kier alpha value is -3.98. The van der Waals surface area contributed by atoms with Gasteiger partial charge in [0.25, 0.3) is 5.56 Å². The SMILES string of the molecule is CN1CCCC(Oc2cnc(-c3cccc(Cn4nc(-c5cc(F)cc(F)c5)ccc4=O)c3)nc2)C1. The summed E-state index contributed by atoms with van der Waals surface area (Å²) in [5, 5.41) is 4.31. The first-order chi connectivity index (χ1) is 17.4. The molecule has 1 unspecified atom stereocenters. The van der Waals surface area contributed by atoms with Crippen LogP contribution < -0.4 is 10.3 Å². The molecule has 3 heterocycles. The van der Waals surface area contributed by atoms with Crippen LogP contribution in [0.1, 0.15) is 18.4 Å². The second-order valence-corrected chi connectivity index (χ2v) is 8.96. The summed E-state index contributed by atoms with van der Waals surface area (Å²) in [5.41, 5.74) is 1.82. The first-order valence-electron chi connectivity index (χ1n) is 11.7. The Morgan fingerprint density at radius 1 is 1.00 bits per heavy atom. The highest BCUT2D eigenvalue weighted by atomic mass is 19.1. The van der Waals surface area contributed by atoms with Gasteiger partial charge in [0.2, 0.25) is 0 Å². The maximum absolute atomic E-state index is 13.6. The molecule has 0 amide bonds. The Labute approximate surface area is 207 Å². The monoisotopic (exact) mass is 489 g/mol. The zero-order valence-electron chi connectivity index (χ0n) is 19.8. The van der Waals surface area contributed by atoms with Crippen molar-refractivity contribution in [2.75, 3.05) is 20.1 Å². The highest BCUT2D eigenvalue weighted by Gasteiger charge is 2.19. The molecule has 1 fully saturated rings. The quantitative estimate of drug-likeness (QED) is 0.405. The molecule has 0 spiro atoms. The molecule has 0 saturated carbocycles. The number of rotatable bonds is 6. The van der Waals surface area contributed by atoms with Crippen molar-refractivity contribution >= 4 is 0 Å². The smallest absolute Gasteiger partial charge is 0.267 e. The maximum atomic E-state index is 13.6. The number of nitrogens with zero attached hydrogens (tertiary/aromatic N) is 5. The van der Waals surface area contributed by atoms with Crippen molar-refractivity contribution in [1.82, 2.24) is 24.6 Å². The van der Waals surface area contributed by atoms with Crippen molar-refractivity contribution in [3.8, 4) is 28.4 Å². The Bertz CT molecular complexity index is 1400. The maximum Gasteiger partial charge on any atom is 0.267 e. The number of ether oxygens (including phenoxy) is 1. The Morgan fingerprint density at radius 2 is 1.78 bits per heavy atom. The van der Waals surface area contributed by atoms with Crippen molar-refractivity contribution in [3.63, 3.8) is 0 Å². The van der Waals surface area contributed by atoms with E-state index in [1.54, 1.807) is 12.4 Å². The van der Waals surface area contributed by atoms with E-state index in [1.807, 2.05) is 24.3 Å². The minimum Gasteiger partial charge on any atom is -0.486 e. The van der Waals surface area contributed by atoms with E-state index in [0.29, 0.717) is 17.3 Å². The Balaban J connectivity index is 1.33. The van der Waals surface area contributed by atoms with Crippen LogP contribution in [0, 0.1) is 11.6 Å². The number of likely N-dealkylation sites (N-methyl/N-ethyl adjacent to an activating group) is 1. The van der Waals surface area contributed by atoms with Gasteiger partial charge in [0.1, 0.15) is 17.7 Å². The summed E-state index contributed by atoms with van der Waals surface area (Å²) in [5.74, 6) is -0.245. The lowest BCUT2D eigenvalue weighted by atomic mass is 10.1. The van der Waals surface area contributed by atoms with Crippen LogP contribution >= 0.6 is 0 Å². The van der Waals surface area contributed by atoms with Crippen LogP contribution in [0.15, 0.2) is 71.8 Å². The minimum absolute atomic E-state index is 0.131. The first kappa shape index (κ1) is 23.7. The Morgan fingerprint density at radius 3 is 2.53 bits per heavy atom. The summed E-state index contributed by atoms with van der Waals surface area (Å²) in [6.45, 7) is 2.14. The number of hydrogen-bond acceptors (Lipinski definition) is 6. The van der Waals surface area contributed by atoms with Crippen molar-refractivity contribution in [1.29, 1.82) is 0 Å². The summed E-state index contributed by atoms with van der Waals surface area (Å²) >= 11 is 0. The molecule has 2 aromatic heterocycles. The summed E-state index contributed by atoms with van der Waals surface area (Å²) in [6.07, 6.45) is 5.60. The van der Waals surface area contributed by atoms with Gasteiger partial charge in [-0.1, -0.05) is 18.2 Å². The minimum atomic E-state index is -0.709. The van der Waals surface area contributed by atoms with E-state index in [2.05, 4.69) is 27.0 Å². The van der Waals surface area contributed by atoms with E-state index in [0.717, 1.165) is 43.1 Å². The fourth-order valence-corrected chi connectivity index (χ4v) is 4.33. The lowest BCUT2D eigenvalue weighted by Crippen LogP contribution is -2.38. The molecular formula is C27H25F2N5O2. The van der Waals surface area contributed by atoms with E-state index in [9.17, 15) is 13.6 Å². The number of aromatic nitrogens is 4. The zero-order chi connectivity index (χ0) is 25.1. The molecule has 184 valence electrons. The van der Waals surface area contributed by atoms with Gasteiger partial charge in [-0.15, -0.1) is 0 Å². The molecular weight excluding hydrogens is 464 g/mol. The lowest BCUT2D eigenvalue weighted by Gasteiger charge is -2.29. The fraction of sp³-hybridized carbons (Fsp3) is 0.259. The van der Waals surface area contributed by atoms with Crippen LogP contribution in [-0.2, 0) is 6.54 Å². The summed E-state index contributed by atoms with van der Waals surface area (Å²) in [7, 11) is 2.09. The first-order valence-corrected chi connectivity index (χ1v) is 11.7. The zero-order valence-corrected chi connectivity index (χ0v) is 19.8. The van der Waals surface area contributed by atoms with Crippen LogP contribution in [0.3, 0.4) is 0 Å². The van der Waals surface area contributed by atoms with E-state index in [-0.39, 0.29) is 23.8 Å². The van der Waals surface area contributed by atoms with E-state index >= 15 is 0 Å². The third-order valence-electron chi connectivity index (χ3n) is 6.05. The molecule has 0 N–H and O–H groups in total. The summed E-state index contributed by atoms with van der Waals surface area (Å²) in [6, 6.07) is 13.4. The van der Waals surface area contributed by atoms with E-state index in [4.69, 9.17) is 4.74 Å².